The quantitative estimate of drug-likeness (QED) is 0.0262. The standard InChI is InChI=1S/C61H106O6/c1-4-7-10-13-16-19-22-25-27-29-30-32-34-37-40-43-46-49-52-55-61(64)67-58(56-65-59(62)53-50-47-44-41-38-35-24-21-18-15-12-9-6-3)57-66-60(63)54-51-48-45-42-39-36-33-31-28-26-23-20-17-14-11-8-5-2/h16-17,19-20,25-28,33,36,42,45,58H,4-15,18,21-24,29-32,34-35,37-41,43-44,46-57H2,1-3H3/b19-16-,20-17-,27-25-,28-26-,36-33-,45-42-/t58-/m0/s1. The molecule has 1 atom stereocenters. The van der Waals surface area contributed by atoms with Crippen LogP contribution in [0.15, 0.2) is 72.9 Å². The number of rotatable bonds is 51. The van der Waals surface area contributed by atoms with Gasteiger partial charge in [0.05, 0.1) is 0 Å². The van der Waals surface area contributed by atoms with Gasteiger partial charge in [0.25, 0.3) is 0 Å². The molecule has 0 aromatic heterocycles. The molecule has 0 aliphatic heterocycles. The summed E-state index contributed by atoms with van der Waals surface area (Å²) in [6.07, 6.45) is 70.3. The second-order valence-corrected chi connectivity index (χ2v) is 18.8. The van der Waals surface area contributed by atoms with Gasteiger partial charge in [0.2, 0.25) is 0 Å². The van der Waals surface area contributed by atoms with E-state index in [1.165, 1.54) is 161 Å². The summed E-state index contributed by atoms with van der Waals surface area (Å²) in [5, 5.41) is 0. The van der Waals surface area contributed by atoms with Crippen molar-refractivity contribution in [1.29, 1.82) is 0 Å². The Morgan fingerprint density at radius 3 is 0.925 bits per heavy atom. The van der Waals surface area contributed by atoms with Crippen molar-refractivity contribution in [3.8, 4) is 0 Å². The van der Waals surface area contributed by atoms with Crippen molar-refractivity contribution in [1.82, 2.24) is 0 Å². The Bertz CT molecular complexity index is 1260. The first-order valence-electron chi connectivity index (χ1n) is 28.4. The van der Waals surface area contributed by atoms with E-state index in [2.05, 4.69) is 93.7 Å². The zero-order valence-corrected chi connectivity index (χ0v) is 44.2. The molecule has 0 amide bonds. The van der Waals surface area contributed by atoms with Crippen molar-refractivity contribution in [3.05, 3.63) is 72.9 Å². The van der Waals surface area contributed by atoms with Gasteiger partial charge in [-0.2, -0.15) is 0 Å². The highest BCUT2D eigenvalue weighted by Gasteiger charge is 2.19. The normalized spacial score (nSPS) is 12.6. The number of unbranched alkanes of at least 4 members (excludes halogenated alkanes) is 28. The highest BCUT2D eigenvalue weighted by molar-refractivity contribution is 5.71. The summed E-state index contributed by atoms with van der Waals surface area (Å²) in [6, 6.07) is 0. The molecule has 386 valence electrons. The molecule has 0 aromatic rings. The molecule has 0 bridgehead atoms. The van der Waals surface area contributed by atoms with E-state index in [1.54, 1.807) is 0 Å². The van der Waals surface area contributed by atoms with E-state index in [1.807, 2.05) is 0 Å². The molecular weight excluding hydrogens is 829 g/mol. The van der Waals surface area contributed by atoms with Gasteiger partial charge in [0, 0.05) is 19.3 Å². The lowest BCUT2D eigenvalue weighted by molar-refractivity contribution is -0.167. The molecule has 0 saturated carbocycles. The van der Waals surface area contributed by atoms with Crippen LogP contribution in [-0.2, 0) is 28.6 Å². The molecule has 0 rings (SSSR count). The maximum absolute atomic E-state index is 12.9. The van der Waals surface area contributed by atoms with E-state index in [0.717, 1.165) is 70.6 Å². The monoisotopic (exact) mass is 935 g/mol. The van der Waals surface area contributed by atoms with Gasteiger partial charge in [-0.05, 0) is 89.9 Å². The summed E-state index contributed by atoms with van der Waals surface area (Å²) in [6.45, 7) is 6.55. The average molecular weight is 936 g/mol. The van der Waals surface area contributed by atoms with Gasteiger partial charge in [-0.3, -0.25) is 14.4 Å². The third kappa shape index (κ3) is 53.7. The average Bonchev–Trinajstić information content (AvgIpc) is 3.33. The maximum atomic E-state index is 12.9. The first-order chi connectivity index (χ1) is 33.0. The first kappa shape index (κ1) is 63.8. The molecule has 6 nitrogen and oxygen atoms in total. The molecule has 67 heavy (non-hydrogen) atoms. The molecule has 0 aromatic carbocycles. The number of allylic oxidation sites excluding steroid dienone is 12. The van der Waals surface area contributed by atoms with Crippen LogP contribution in [0.25, 0.3) is 0 Å². The van der Waals surface area contributed by atoms with E-state index in [-0.39, 0.29) is 37.5 Å². The minimum Gasteiger partial charge on any atom is -0.462 e. The van der Waals surface area contributed by atoms with Gasteiger partial charge in [0.15, 0.2) is 6.10 Å². The predicted octanol–water partition coefficient (Wildman–Crippen LogP) is 19.0. The molecule has 0 N–H and O–H groups in total. The summed E-state index contributed by atoms with van der Waals surface area (Å²) in [5.74, 6) is -0.947. The van der Waals surface area contributed by atoms with E-state index in [0.29, 0.717) is 19.3 Å². The number of hydrogen-bond acceptors (Lipinski definition) is 6. The molecule has 6 heteroatoms. The van der Waals surface area contributed by atoms with Gasteiger partial charge >= 0.3 is 17.9 Å². The third-order valence-corrected chi connectivity index (χ3v) is 12.2. The van der Waals surface area contributed by atoms with Crippen molar-refractivity contribution in [3.63, 3.8) is 0 Å². The number of carbonyl (C=O) groups is 3. The van der Waals surface area contributed by atoms with Gasteiger partial charge in [-0.25, -0.2) is 0 Å². The fraction of sp³-hybridized carbons (Fsp3) is 0.754. The Kier molecular flexibility index (Phi) is 52.8. The first-order valence-corrected chi connectivity index (χ1v) is 28.4. The number of hydrogen-bond donors (Lipinski definition) is 0. The van der Waals surface area contributed by atoms with Crippen LogP contribution in [0.2, 0.25) is 0 Å². The second kappa shape index (κ2) is 55.4. The third-order valence-electron chi connectivity index (χ3n) is 12.2. The molecule has 0 radical (unpaired) electrons. The lowest BCUT2D eigenvalue weighted by Crippen LogP contribution is -2.30. The summed E-state index contributed by atoms with van der Waals surface area (Å²) in [7, 11) is 0. The Balaban J connectivity index is 4.44. The minimum absolute atomic E-state index is 0.0919. The van der Waals surface area contributed by atoms with Gasteiger partial charge in [0.1, 0.15) is 13.2 Å². The van der Waals surface area contributed by atoms with Crippen molar-refractivity contribution >= 4 is 17.9 Å². The van der Waals surface area contributed by atoms with Gasteiger partial charge < -0.3 is 14.2 Å². The van der Waals surface area contributed by atoms with Crippen LogP contribution in [0.5, 0.6) is 0 Å². The van der Waals surface area contributed by atoms with Crippen LogP contribution in [0.1, 0.15) is 278 Å². The summed E-state index contributed by atoms with van der Waals surface area (Å²) < 4.78 is 16.8. The molecule has 0 unspecified atom stereocenters. The van der Waals surface area contributed by atoms with Crippen molar-refractivity contribution in [2.45, 2.75) is 284 Å². The Labute approximate surface area is 414 Å². The zero-order chi connectivity index (χ0) is 48.6. The van der Waals surface area contributed by atoms with Crippen LogP contribution in [0.4, 0.5) is 0 Å². The van der Waals surface area contributed by atoms with Gasteiger partial charge in [-0.15, -0.1) is 0 Å². The van der Waals surface area contributed by atoms with Crippen molar-refractivity contribution in [2.75, 3.05) is 13.2 Å². The number of esters is 3. The second-order valence-electron chi connectivity index (χ2n) is 18.8. The van der Waals surface area contributed by atoms with Crippen LogP contribution in [0, 0.1) is 0 Å². The van der Waals surface area contributed by atoms with E-state index in [9.17, 15) is 14.4 Å². The molecule has 0 aliphatic rings. The molecule has 0 spiro atoms. The maximum Gasteiger partial charge on any atom is 0.306 e. The highest BCUT2D eigenvalue weighted by Crippen LogP contribution is 2.15. The SMILES string of the molecule is CCCCC/C=C\C/C=C\C/C=C\C/C=C\CCCC(=O)OC[C@H](COC(=O)CCCCCCCCCCCCCCC)OC(=O)CCCCCCCCCCC/C=C\C/C=C\CCCCC. The molecule has 0 fully saturated rings. The smallest absolute Gasteiger partial charge is 0.306 e. The Hall–Kier alpha value is -3.15. The molecule has 0 saturated heterocycles. The van der Waals surface area contributed by atoms with Crippen molar-refractivity contribution in [2.24, 2.45) is 0 Å². The lowest BCUT2D eigenvalue weighted by Gasteiger charge is -2.18. The molecule has 0 aliphatic carbocycles. The zero-order valence-electron chi connectivity index (χ0n) is 44.2. The lowest BCUT2D eigenvalue weighted by atomic mass is 10.0. The van der Waals surface area contributed by atoms with Crippen LogP contribution in [0.3, 0.4) is 0 Å². The Morgan fingerprint density at radius 1 is 0.299 bits per heavy atom. The number of carbonyl (C=O) groups excluding carboxylic acids is 3. The Morgan fingerprint density at radius 2 is 0.552 bits per heavy atom. The molecule has 0 heterocycles. The van der Waals surface area contributed by atoms with E-state index < -0.39 is 6.10 Å². The minimum atomic E-state index is -0.798. The van der Waals surface area contributed by atoms with Crippen LogP contribution < -0.4 is 0 Å². The van der Waals surface area contributed by atoms with Crippen molar-refractivity contribution < 1.29 is 28.6 Å². The highest BCUT2D eigenvalue weighted by atomic mass is 16.6. The fourth-order valence-corrected chi connectivity index (χ4v) is 7.88. The van der Waals surface area contributed by atoms with E-state index >= 15 is 0 Å². The topological polar surface area (TPSA) is 78.9 Å². The molecular formula is C61H106O6. The fourth-order valence-electron chi connectivity index (χ4n) is 7.88. The summed E-state index contributed by atoms with van der Waals surface area (Å²) in [4.78, 5) is 38.1. The van der Waals surface area contributed by atoms with E-state index in [4.69, 9.17) is 14.2 Å². The largest absolute Gasteiger partial charge is 0.462 e. The summed E-state index contributed by atoms with van der Waals surface area (Å²) >= 11 is 0. The summed E-state index contributed by atoms with van der Waals surface area (Å²) in [5.41, 5.74) is 0. The van der Waals surface area contributed by atoms with Crippen LogP contribution >= 0.6 is 0 Å². The number of ether oxygens (including phenoxy) is 3. The van der Waals surface area contributed by atoms with Crippen LogP contribution in [-0.4, -0.2) is 37.2 Å². The van der Waals surface area contributed by atoms with Gasteiger partial charge in [-0.1, -0.05) is 241 Å². The predicted molar refractivity (Wildman–Crippen MR) is 288 cm³/mol.